The molecule has 0 unspecified atom stereocenters. The maximum absolute atomic E-state index is 4.28. The van der Waals surface area contributed by atoms with E-state index in [-0.39, 0.29) is 0 Å². The average Bonchev–Trinajstić information content (AvgIpc) is 3.22. The topological polar surface area (TPSA) is 24.3 Å². The lowest BCUT2D eigenvalue weighted by Gasteiger charge is -2.42. The Morgan fingerprint density at radius 2 is 1.69 bits per heavy atom. The fraction of sp³-hybridized carbons (Fsp3) is 0.591. The van der Waals surface area contributed by atoms with E-state index in [0.29, 0.717) is 5.41 Å². The van der Waals surface area contributed by atoms with Gasteiger partial charge in [0.1, 0.15) is 0 Å². The van der Waals surface area contributed by atoms with Gasteiger partial charge in [-0.1, -0.05) is 18.6 Å². The molecule has 0 bridgehead atoms. The molecule has 138 valence electrons. The molecule has 3 fully saturated rings. The summed E-state index contributed by atoms with van der Waals surface area (Å²) < 4.78 is 1.86. The van der Waals surface area contributed by atoms with Gasteiger partial charge in [-0.2, -0.15) is 5.10 Å². The predicted octanol–water partition coefficient (Wildman–Crippen LogP) is 3.93. The number of benzene rings is 1. The highest BCUT2D eigenvalue weighted by Gasteiger charge is 2.43. The van der Waals surface area contributed by atoms with Crippen molar-refractivity contribution in [2.75, 3.05) is 31.1 Å². The van der Waals surface area contributed by atoms with Crippen LogP contribution in [0.15, 0.2) is 36.7 Å². The van der Waals surface area contributed by atoms with Crippen molar-refractivity contribution in [1.29, 1.82) is 0 Å². The maximum atomic E-state index is 4.28. The van der Waals surface area contributed by atoms with Crippen molar-refractivity contribution in [2.24, 2.45) is 12.5 Å². The van der Waals surface area contributed by atoms with Crippen LogP contribution in [-0.2, 0) is 7.05 Å². The van der Waals surface area contributed by atoms with E-state index in [1.807, 2.05) is 17.9 Å². The number of likely N-dealkylation sites (tertiary alicyclic amines) is 1. The lowest BCUT2D eigenvalue weighted by atomic mass is 9.77. The van der Waals surface area contributed by atoms with Gasteiger partial charge >= 0.3 is 0 Å². The first-order valence-corrected chi connectivity index (χ1v) is 10.3. The molecule has 5 rings (SSSR count). The van der Waals surface area contributed by atoms with E-state index in [9.17, 15) is 0 Å². The molecule has 4 heteroatoms. The molecule has 3 heterocycles. The summed E-state index contributed by atoms with van der Waals surface area (Å²) >= 11 is 0. The smallest absolute Gasteiger partial charge is 0.0568 e. The second-order valence-electron chi connectivity index (χ2n) is 8.74. The standard InChI is InChI=1S/C22H30N4/c1-24-16-19(15-23-24)18-5-7-21(8-6-18)25-12-9-22(10-13-25)11-14-26(17-22)20-3-2-4-20/h5-8,15-16,20H,2-4,9-14,17H2,1H3. The van der Waals surface area contributed by atoms with E-state index < -0.39 is 0 Å². The van der Waals surface area contributed by atoms with Gasteiger partial charge in [0.25, 0.3) is 0 Å². The second kappa shape index (κ2) is 6.41. The van der Waals surface area contributed by atoms with Crippen LogP contribution in [-0.4, -0.2) is 46.9 Å². The van der Waals surface area contributed by atoms with Crippen molar-refractivity contribution in [1.82, 2.24) is 14.7 Å². The highest BCUT2D eigenvalue weighted by atomic mass is 15.2. The van der Waals surface area contributed by atoms with E-state index >= 15 is 0 Å². The normalized spacial score (nSPS) is 23.5. The number of aromatic nitrogens is 2. The number of piperidine rings is 1. The molecular formula is C22H30N4. The molecule has 1 saturated carbocycles. The zero-order chi connectivity index (χ0) is 17.6. The van der Waals surface area contributed by atoms with Gasteiger partial charge in [0, 0.05) is 50.2 Å². The monoisotopic (exact) mass is 350 g/mol. The zero-order valence-corrected chi connectivity index (χ0v) is 15.9. The molecule has 2 saturated heterocycles. The van der Waals surface area contributed by atoms with Crippen LogP contribution in [0.2, 0.25) is 0 Å². The molecule has 0 amide bonds. The Morgan fingerprint density at radius 1 is 0.962 bits per heavy atom. The van der Waals surface area contributed by atoms with Gasteiger partial charge in [0.05, 0.1) is 6.20 Å². The first-order valence-electron chi connectivity index (χ1n) is 10.3. The summed E-state index contributed by atoms with van der Waals surface area (Å²) in [5.41, 5.74) is 4.43. The molecule has 0 radical (unpaired) electrons. The lowest BCUT2D eigenvalue weighted by Crippen LogP contribution is -2.44. The Kier molecular flexibility index (Phi) is 4.04. The highest BCUT2D eigenvalue weighted by molar-refractivity contribution is 5.65. The number of nitrogens with zero attached hydrogens (tertiary/aromatic N) is 4. The van der Waals surface area contributed by atoms with Crippen LogP contribution in [0, 0.1) is 5.41 Å². The van der Waals surface area contributed by atoms with Crippen LogP contribution in [0.1, 0.15) is 38.5 Å². The van der Waals surface area contributed by atoms with E-state index in [2.05, 4.69) is 45.4 Å². The Hall–Kier alpha value is -1.81. The summed E-state index contributed by atoms with van der Waals surface area (Å²) in [5.74, 6) is 0. The molecule has 1 spiro atoms. The van der Waals surface area contributed by atoms with Gasteiger partial charge in [-0.15, -0.1) is 0 Å². The largest absolute Gasteiger partial charge is 0.371 e. The average molecular weight is 351 g/mol. The van der Waals surface area contributed by atoms with E-state index in [1.54, 1.807) is 0 Å². The van der Waals surface area contributed by atoms with Crippen LogP contribution >= 0.6 is 0 Å². The van der Waals surface area contributed by atoms with Crippen LogP contribution in [0.4, 0.5) is 5.69 Å². The number of rotatable bonds is 3. The van der Waals surface area contributed by atoms with Crippen LogP contribution in [0.25, 0.3) is 11.1 Å². The number of hydrogen-bond donors (Lipinski definition) is 0. The maximum Gasteiger partial charge on any atom is 0.0568 e. The molecule has 2 aromatic rings. The minimum absolute atomic E-state index is 0.613. The van der Waals surface area contributed by atoms with E-state index in [1.165, 1.54) is 81.5 Å². The summed E-state index contributed by atoms with van der Waals surface area (Å²) in [6.45, 7) is 5.14. The quantitative estimate of drug-likeness (QED) is 0.838. The molecular weight excluding hydrogens is 320 g/mol. The van der Waals surface area contributed by atoms with Crippen molar-refractivity contribution in [2.45, 2.75) is 44.6 Å². The molecule has 26 heavy (non-hydrogen) atoms. The third-order valence-electron chi connectivity index (χ3n) is 7.15. The van der Waals surface area contributed by atoms with Crippen molar-refractivity contribution in [3.8, 4) is 11.1 Å². The van der Waals surface area contributed by atoms with Gasteiger partial charge in [0.2, 0.25) is 0 Å². The third-order valence-corrected chi connectivity index (χ3v) is 7.15. The molecule has 3 aliphatic rings. The zero-order valence-electron chi connectivity index (χ0n) is 15.9. The van der Waals surface area contributed by atoms with Crippen molar-refractivity contribution in [3.63, 3.8) is 0 Å². The van der Waals surface area contributed by atoms with Crippen LogP contribution in [0.5, 0.6) is 0 Å². The summed E-state index contributed by atoms with van der Waals surface area (Å²) in [6, 6.07) is 9.98. The Bertz CT molecular complexity index is 751. The SMILES string of the molecule is Cn1cc(-c2ccc(N3CCC4(CC3)CCN(C3CCC3)C4)cc2)cn1. The first kappa shape index (κ1) is 16.4. The molecule has 0 atom stereocenters. The summed E-state index contributed by atoms with van der Waals surface area (Å²) in [7, 11) is 1.97. The Labute approximate surface area is 156 Å². The van der Waals surface area contributed by atoms with Crippen molar-refractivity contribution < 1.29 is 0 Å². The van der Waals surface area contributed by atoms with E-state index in [4.69, 9.17) is 0 Å². The molecule has 1 aliphatic carbocycles. The Morgan fingerprint density at radius 3 is 2.31 bits per heavy atom. The molecule has 1 aromatic heterocycles. The van der Waals surface area contributed by atoms with E-state index in [0.717, 1.165) is 6.04 Å². The summed E-state index contributed by atoms with van der Waals surface area (Å²) in [6.07, 6.45) is 12.5. The lowest BCUT2D eigenvalue weighted by molar-refractivity contribution is 0.128. The predicted molar refractivity (Wildman–Crippen MR) is 106 cm³/mol. The van der Waals surface area contributed by atoms with Crippen LogP contribution < -0.4 is 4.90 Å². The van der Waals surface area contributed by atoms with Gasteiger partial charge in [-0.25, -0.2) is 0 Å². The van der Waals surface area contributed by atoms with Gasteiger partial charge in [0.15, 0.2) is 0 Å². The molecule has 2 aliphatic heterocycles. The summed E-state index contributed by atoms with van der Waals surface area (Å²) in [5, 5.41) is 4.28. The van der Waals surface area contributed by atoms with Crippen molar-refractivity contribution in [3.05, 3.63) is 36.7 Å². The minimum atomic E-state index is 0.613. The van der Waals surface area contributed by atoms with Gasteiger partial charge in [-0.3, -0.25) is 9.58 Å². The number of aryl methyl sites for hydroxylation is 1. The first-order chi connectivity index (χ1) is 12.7. The van der Waals surface area contributed by atoms with Gasteiger partial charge < -0.3 is 4.90 Å². The van der Waals surface area contributed by atoms with Crippen molar-refractivity contribution >= 4 is 5.69 Å². The molecule has 0 N–H and O–H groups in total. The summed E-state index contributed by atoms with van der Waals surface area (Å²) in [4.78, 5) is 5.39. The number of anilines is 1. The molecule has 1 aromatic carbocycles. The Balaban J connectivity index is 1.21. The van der Waals surface area contributed by atoms with Crippen LogP contribution in [0.3, 0.4) is 0 Å². The number of hydrogen-bond acceptors (Lipinski definition) is 3. The fourth-order valence-corrected chi connectivity index (χ4v) is 5.12. The third kappa shape index (κ3) is 2.94. The fourth-order valence-electron chi connectivity index (χ4n) is 5.12. The van der Waals surface area contributed by atoms with Gasteiger partial charge in [-0.05, 0) is 61.8 Å². The molecule has 4 nitrogen and oxygen atoms in total. The second-order valence-corrected chi connectivity index (χ2v) is 8.74. The minimum Gasteiger partial charge on any atom is -0.371 e. The highest BCUT2D eigenvalue weighted by Crippen LogP contribution is 2.43.